The first-order valence-electron chi connectivity index (χ1n) is 5.43. The van der Waals surface area contributed by atoms with Gasteiger partial charge in [-0.25, -0.2) is 0 Å². The Kier molecular flexibility index (Phi) is 4.07. The third kappa shape index (κ3) is 3.57. The van der Waals surface area contributed by atoms with E-state index in [4.69, 9.17) is 0 Å². The summed E-state index contributed by atoms with van der Waals surface area (Å²) in [6, 6.07) is 0.785. The van der Waals surface area contributed by atoms with Crippen LogP contribution in [0.3, 0.4) is 0 Å². The lowest BCUT2D eigenvalue weighted by molar-refractivity contribution is 0.382. The second-order valence-electron chi connectivity index (χ2n) is 4.41. The van der Waals surface area contributed by atoms with E-state index in [0.29, 0.717) is 0 Å². The maximum atomic E-state index is 3.44. The van der Waals surface area contributed by atoms with Gasteiger partial charge in [0.2, 0.25) is 0 Å². The molecule has 1 aliphatic rings. The summed E-state index contributed by atoms with van der Waals surface area (Å²) < 4.78 is 0. The van der Waals surface area contributed by atoms with Crippen molar-refractivity contribution in [1.29, 1.82) is 0 Å². The Hall–Kier alpha value is -0.0400. The highest BCUT2D eigenvalue weighted by Crippen LogP contribution is 2.34. The standard InChI is InChI=1S/C11H23N/c1-4-9(2)7-11(12-3)8-10-5-6-10/h9-12H,4-8H2,1-3H3. The molecule has 0 heterocycles. The Morgan fingerprint density at radius 2 is 2.08 bits per heavy atom. The first kappa shape index (κ1) is 10.0. The molecule has 1 aliphatic carbocycles. The SMILES string of the molecule is CCC(C)CC(CC1CC1)NC. The minimum Gasteiger partial charge on any atom is -0.317 e. The number of hydrogen-bond acceptors (Lipinski definition) is 1. The van der Waals surface area contributed by atoms with E-state index in [2.05, 4.69) is 26.2 Å². The van der Waals surface area contributed by atoms with Gasteiger partial charge < -0.3 is 5.32 Å². The molecule has 1 fully saturated rings. The van der Waals surface area contributed by atoms with E-state index in [1.807, 2.05) is 0 Å². The van der Waals surface area contributed by atoms with E-state index in [0.717, 1.165) is 17.9 Å². The average molecular weight is 169 g/mol. The minimum atomic E-state index is 0.785. The molecule has 0 spiro atoms. The number of nitrogens with one attached hydrogen (secondary N) is 1. The summed E-state index contributed by atoms with van der Waals surface area (Å²) in [6.45, 7) is 4.64. The van der Waals surface area contributed by atoms with Gasteiger partial charge in [-0.05, 0) is 31.7 Å². The molecule has 0 saturated heterocycles. The predicted molar refractivity (Wildman–Crippen MR) is 54.3 cm³/mol. The Morgan fingerprint density at radius 1 is 1.42 bits per heavy atom. The van der Waals surface area contributed by atoms with Gasteiger partial charge in [-0.1, -0.05) is 33.1 Å². The van der Waals surface area contributed by atoms with Crippen LogP contribution < -0.4 is 5.32 Å². The molecule has 0 aromatic rings. The smallest absolute Gasteiger partial charge is 0.00692 e. The van der Waals surface area contributed by atoms with Crippen LogP contribution in [-0.2, 0) is 0 Å². The highest BCUT2D eigenvalue weighted by Gasteiger charge is 2.25. The molecule has 72 valence electrons. The van der Waals surface area contributed by atoms with Crippen LogP contribution in [-0.4, -0.2) is 13.1 Å². The van der Waals surface area contributed by atoms with Crippen LogP contribution in [0.5, 0.6) is 0 Å². The molecule has 0 amide bonds. The summed E-state index contributed by atoms with van der Waals surface area (Å²) in [5, 5.41) is 3.44. The zero-order valence-corrected chi connectivity index (χ0v) is 8.77. The van der Waals surface area contributed by atoms with Gasteiger partial charge in [0.15, 0.2) is 0 Å². The monoisotopic (exact) mass is 169 g/mol. The summed E-state index contributed by atoms with van der Waals surface area (Å²) in [4.78, 5) is 0. The van der Waals surface area contributed by atoms with E-state index in [9.17, 15) is 0 Å². The molecule has 1 saturated carbocycles. The zero-order valence-electron chi connectivity index (χ0n) is 8.77. The fraction of sp³-hybridized carbons (Fsp3) is 1.00. The molecule has 1 rings (SSSR count). The van der Waals surface area contributed by atoms with Gasteiger partial charge in [-0.2, -0.15) is 0 Å². The van der Waals surface area contributed by atoms with Gasteiger partial charge in [-0.3, -0.25) is 0 Å². The van der Waals surface area contributed by atoms with Gasteiger partial charge in [0.05, 0.1) is 0 Å². The van der Waals surface area contributed by atoms with Crippen molar-refractivity contribution in [3.63, 3.8) is 0 Å². The minimum absolute atomic E-state index is 0.785. The average Bonchev–Trinajstić information content (AvgIpc) is 2.86. The second-order valence-corrected chi connectivity index (χ2v) is 4.41. The molecule has 0 radical (unpaired) electrons. The van der Waals surface area contributed by atoms with Crippen LogP contribution in [0.2, 0.25) is 0 Å². The normalized spacial score (nSPS) is 22.2. The molecule has 12 heavy (non-hydrogen) atoms. The topological polar surface area (TPSA) is 12.0 Å². The summed E-state index contributed by atoms with van der Waals surface area (Å²) in [7, 11) is 2.11. The van der Waals surface area contributed by atoms with Crippen LogP contribution in [0.4, 0.5) is 0 Å². The molecular weight excluding hydrogens is 146 g/mol. The second kappa shape index (κ2) is 4.86. The molecule has 2 unspecified atom stereocenters. The molecule has 1 nitrogen and oxygen atoms in total. The van der Waals surface area contributed by atoms with Gasteiger partial charge in [0, 0.05) is 6.04 Å². The fourth-order valence-corrected chi connectivity index (χ4v) is 1.74. The predicted octanol–water partition coefficient (Wildman–Crippen LogP) is 2.81. The lowest BCUT2D eigenvalue weighted by Crippen LogP contribution is -2.27. The van der Waals surface area contributed by atoms with Crippen molar-refractivity contribution in [2.24, 2.45) is 11.8 Å². The van der Waals surface area contributed by atoms with Crippen LogP contribution >= 0.6 is 0 Å². The van der Waals surface area contributed by atoms with E-state index in [1.54, 1.807) is 0 Å². The molecule has 1 N–H and O–H groups in total. The molecule has 2 atom stereocenters. The Bertz CT molecular complexity index is 118. The van der Waals surface area contributed by atoms with Gasteiger partial charge >= 0.3 is 0 Å². The highest BCUT2D eigenvalue weighted by molar-refractivity contribution is 4.80. The lowest BCUT2D eigenvalue weighted by atomic mass is 9.96. The maximum absolute atomic E-state index is 3.44. The van der Waals surface area contributed by atoms with E-state index < -0.39 is 0 Å². The molecule has 0 bridgehead atoms. The van der Waals surface area contributed by atoms with Crippen molar-refractivity contribution >= 4 is 0 Å². The summed E-state index contributed by atoms with van der Waals surface area (Å²) in [6.07, 6.45) is 7.07. The zero-order chi connectivity index (χ0) is 8.97. The van der Waals surface area contributed by atoms with Gasteiger partial charge in [0.25, 0.3) is 0 Å². The molecule has 0 aromatic carbocycles. The van der Waals surface area contributed by atoms with Crippen molar-refractivity contribution in [3.05, 3.63) is 0 Å². The van der Waals surface area contributed by atoms with Crippen molar-refractivity contribution in [1.82, 2.24) is 5.32 Å². The Balaban J connectivity index is 2.14. The maximum Gasteiger partial charge on any atom is 0.00692 e. The Labute approximate surface area is 76.9 Å². The van der Waals surface area contributed by atoms with Crippen LogP contribution in [0, 0.1) is 11.8 Å². The molecule has 0 aliphatic heterocycles. The van der Waals surface area contributed by atoms with Crippen molar-refractivity contribution < 1.29 is 0 Å². The van der Waals surface area contributed by atoms with Crippen LogP contribution in [0.25, 0.3) is 0 Å². The molecular formula is C11H23N. The van der Waals surface area contributed by atoms with Gasteiger partial charge in [-0.15, -0.1) is 0 Å². The van der Waals surface area contributed by atoms with E-state index >= 15 is 0 Å². The number of hydrogen-bond donors (Lipinski definition) is 1. The highest BCUT2D eigenvalue weighted by atomic mass is 14.9. The van der Waals surface area contributed by atoms with Crippen LogP contribution in [0.1, 0.15) is 46.0 Å². The van der Waals surface area contributed by atoms with Crippen molar-refractivity contribution in [2.45, 2.75) is 52.0 Å². The molecule has 1 heteroatoms. The Morgan fingerprint density at radius 3 is 2.50 bits per heavy atom. The first-order valence-corrected chi connectivity index (χ1v) is 5.43. The third-order valence-electron chi connectivity index (χ3n) is 3.11. The largest absolute Gasteiger partial charge is 0.317 e. The van der Waals surface area contributed by atoms with Crippen molar-refractivity contribution in [3.8, 4) is 0 Å². The van der Waals surface area contributed by atoms with Crippen molar-refractivity contribution in [2.75, 3.05) is 7.05 Å². The first-order chi connectivity index (χ1) is 5.76. The third-order valence-corrected chi connectivity index (χ3v) is 3.11. The lowest BCUT2D eigenvalue weighted by Gasteiger charge is -2.19. The van der Waals surface area contributed by atoms with E-state index in [-0.39, 0.29) is 0 Å². The van der Waals surface area contributed by atoms with E-state index in [1.165, 1.54) is 32.1 Å². The number of rotatable bonds is 6. The fourth-order valence-electron chi connectivity index (χ4n) is 1.74. The summed E-state index contributed by atoms with van der Waals surface area (Å²) in [5.41, 5.74) is 0. The summed E-state index contributed by atoms with van der Waals surface area (Å²) >= 11 is 0. The quantitative estimate of drug-likeness (QED) is 0.644. The van der Waals surface area contributed by atoms with Gasteiger partial charge in [0.1, 0.15) is 0 Å². The molecule has 0 aromatic heterocycles. The summed E-state index contributed by atoms with van der Waals surface area (Å²) in [5.74, 6) is 1.95. The van der Waals surface area contributed by atoms with Crippen LogP contribution in [0.15, 0.2) is 0 Å².